The maximum atomic E-state index is 11.2. The molecule has 0 bridgehead atoms. The van der Waals surface area contributed by atoms with Gasteiger partial charge in [0.05, 0.1) is 4.88 Å². The molecule has 82 valence electrons. The zero-order valence-corrected chi connectivity index (χ0v) is 9.64. The summed E-state index contributed by atoms with van der Waals surface area (Å²) < 4.78 is 0. The molecular formula is C11H16N2OS. The molecule has 1 aromatic heterocycles. The first-order valence-corrected chi connectivity index (χ1v) is 6.17. The lowest BCUT2D eigenvalue weighted by Gasteiger charge is -2.28. The fraction of sp³-hybridized carbons (Fsp3) is 0.545. The molecule has 4 heteroatoms. The number of hydrogen-bond acceptors (Lipinski definition) is 3. The average Bonchev–Trinajstić information content (AvgIpc) is 2.65. The maximum absolute atomic E-state index is 11.2. The Bertz CT molecular complexity index is 361. The van der Waals surface area contributed by atoms with Crippen LogP contribution in [0.25, 0.3) is 0 Å². The molecule has 0 spiro atoms. The summed E-state index contributed by atoms with van der Waals surface area (Å²) in [7, 11) is 0. The Balaban J connectivity index is 2.21. The number of amides is 1. The number of thiophene rings is 1. The topological polar surface area (TPSA) is 55.1 Å². The second kappa shape index (κ2) is 4.33. The van der Waals surface area contributed by atoms with Crippen LogP contribution >= 0.6 is 11.3 Å². The third-order valence-electron chi connectivity index (χ3n) is 2.98. The Kier molecular flexibility index (Phi) is 3.07. The lowest BCUT2D eigenvalue weighted by Crippen LogP contribution is -2.35. The van der Waals surface area contributed by atoms with E-state index in [-0.39, 0.29) is 5.91 Å². The molecule has 2 rings (SSSR count). The van der Waals surface area contributed by atoms with Crippen molar-refractivity contribution in [3.8, 4) is 0 Å². The molecule has 1 saturated heterocycles. The van der Waals surface area contributed by atoms with Crippen molar-refractivity contribution in [3.05, 3.63) is 21.9 Å². The van der Waals surface area contributed by atoms with Crippen LogP contribution in [0, 0.1) is 0 Å². The van der Waals surface area contributed by atoms with Gasteiger partial charge in [-0.2, -0.15) is 0 Å². The standard InChI is InChI=1S/C11H16N2OS/c1-7-6-8(2-4-13-7)9-3-5-15-10(9)11(12)14/h3,5,7-8,13H,2,4,6H2,1H3,(H2,12,14)/t7-,8?/m0/s1. The van der Waals surface area contributed by atoms with Gasteiger partial charge in [0.15, 0.2) is 0 Å². The van der Waals surface area contributed by atoms with Gasteiger partial charge in [0.1, 0.15) is 0 Å². The third-order valence-corrected chi connectivity index (χ3v) is 3.93. The highest BCUT2D eigenvalue weighted by Gasteiger charge is 2.24. The minimum Gasteiger partial charge on any atom is -0.365 e. The highest BCUT2D eigenvalue weighted by atomic mass is 32.1. The van der Waals surface area contributed by atoms with Crippen LogP contribution in [-0.4, -0.2) is 18.5 Å². The molecule has 1 aliphatic heterocycles. The summed E-state index contributed by atoms with van der Waals surface area (Å²) in [4.78, 5) is 12.0. The van der Waals surface area contributed by atoms with Crippen molar-refractivity contribution in [3.63, 3.8) is 0 Å². The van der Waals surface area contributed by atoms with E-state index in [1.807, 2.05) is 11.4 Å². The first-order valence-electron chi connectivity index (χ1n) is 5.29. The van der Waals surface area contributed by atoms with Crippen molar-refractivity contribution in [1.29, 1.82) is 0 Å². The van der Waals surface area contributed by atoms with Crippen LogP contribution in [0.5, 0.6) is 0 Å². The lowest BCUT2D eigenvalue weighted by molar-refractivity contribution is 0.100. The Morgan fingerprint density at radius 1 is 1.67 bits per heavy atom. The Morgan fingerprint density at radius 2 is 2.47 bits per heavy atom. The van der Waals surface area contributed by atoms with Crippen LogP contribution in [0.1, 0.15) is 40.9 Å². The summed E-state index contributed by atoms with van der Waals surface area (Å²) in [5, 5.41) is 5.37. The molecule has 2 heterocycles. The van der Waals surface area contributed by atoms with Crippen LogP contribution in [0.15, 0.2) is 11.4 Å². The van der Waals surface area contributed by atoms with E-state index in [0.29, 0.717) is 12.0 Å². The summed E-state index contributed by atoms with van der Waals surface area (Å²) in [5.41, 5.74) is 6.51. The van der Waals surface area contributed by atoms with Gasteiger partial charge >= 0.3 is 0 Å². The van der Waals surface area contributed by atoms with Crippen LogP contribution < -0.4 is 11.1 Å². The first-order chi connectivity index (χ1) is 7.18. The van der Waals surface area contributed by atoms with E-state index >= 15 is 0 Å². The smallest absolute Gasteiger partial charge is 0.259 e. The summed E-state index contributed by atoms with van der Waals surface area (Å²) in [6.45, 7) is 3.21. The van der Waals surface area contributed by atoms with E-state index in [1.165, 1.54) is 11.3 Å². The van der Waals surface area contributed by atoms with Gasteiger partial charge in [0.2, 0.25) is 0 Å². The predicted octanol–water partition coefficient (Wildman–Crippen LogP) is 1.70. The third kappa shape index (κ3) is 2.21. The van der Waals surface area contributed by atoms with E-state index in [4.69, 9.17) is 5.73 Å². The molecule has 0 saturated carbocycles. The van der Waals surface area contributed by atoms with Crippen molar-refractivity contribution in [1.82, 2.24) is 5.32 Å². The average molecular weight is 224 g/mol. The van der Waals surface area contributed by atoms with Crippen LogP contribution in [-0.2, 0) is 0 Å². The number of hydrogen-bond donors (Lipinski definition) is 2. The van der Waals surface area contributed by atoms with Gasteiger partial charge in [0, 0.05) is 6.04 Å². The zero-order chi connectivity index (χ0) is 10.8. The first kappa shape index (κ1) is 10.6. The van der Waals surface area contributed by atoms with E-state index in [0.717, 1.165) is 29.8 Å². The molecule has 15 heavy (non-hydrogen) atoms. The molecule has 3 nitrogen and oxygen atoms in total. The van der Waals surface area contributed by atoms with Gasteiger partial charge in [-0.1, -0.05) is 0 Å². The fourth-order valence-corrected chi connectivity index (χ4v) is 3.09. The molecule has 1 aromatic rings. The molecule has 1 unspecified atom stereocenters. The van der Waals surface area contributed by atoms with Gasteiger partial charge in [-0.05, 0) is 49.2 Å². The minimum absolute atomic E-state index is 0.286. The lowest BCUT2D eigenvalue weighted by atomic mass is 9.87. The number of piperidine rings is 1. The van der Waals surface area contributed by atoms with Gasteiger partial charge in [0.25, 0.3) is 5.91 Å². The quantitative estimate of drug-likeness (QED) is 0.803. The van der Waals surface area contributed by atoms with Crippen LogP contribution in [0.2, 0.25) is 0 Å². The molecule has 0 aromatic carbocycles. The monoisotopic (exact) mass is 224 g/mol. The van der Waals surface area contributed by atoms with Crippen molar-refractivity contribution in [2.24, 2.45) is 5.73 Å². The summed E-state index contributed by atoms with van der Waals surface area (Å²) in [6.07, 6.45) is 2.19. The molecule has 0 radical (unpaired) electrons. The number of rotatable bonds is 2. The van der Waals surface area contributed by atoms with Crippen molar-refractivity contribution in [2.75, 3.05) is 6.54 Å². The molecule has 2 atom stereocenters. The van der Waals surface area contributed by atoms with Crippen molar-refractivity contribution in [2.45, 2.75) is 31.7 Å². The molecule has 3 N–H and O–H groups in total. The van der Waals surface area contributed by atoms with Crippen molar-refractivity contribution >= 4 is 17.2 Å². The molecular weight excluding hydrogens is 208 g/mol. The fourth-order valence-electron chi connectivity index (χ4n) is 2.26. The predicted molar refractivity (Wildman–Crippen MR) is 62.3 cm³/mol. The SMILES string of the molecule is C[C@H]1CC(c2ccsc2C(N)=O)CCN1. The Labute approximate surface area is 93.7 Å². The number of carbonyl (C=O) groups is 1. The molecule has 1 amide bonds. The van der Waals surface area contributed by atoms with Gasteiger partial charge < -0.3 is 11.1 Å². The van der Waals surface area contributed by atoms with E-state index in [2.05, 4.69) is 12.2 Å². The largest absolute Gasteiger partial charge is 0.365 e. The van der Waals surface area contributed by atoms with E-state index < -0.39 is 0 Å². The molecule has 0 aliphatic carbocycles. The molecule has 1 fully saturated rings. The van der Waals surface area contributed by atoms with Gasteiger partial charge in [-0.3, -0.25) is 4.79 Å². The van der Waals surface area contributed by atoms with Crippen LogP contribution in [0.3, 0.4) is 0 Å². The summed E-state index contributed by atoms with van der Waals surface area (Å²) in [5.74, 6) is 0.209. The normalized spacial score (nSPS) is 26.5. The minimum atomic E-state index is -0.286. The summed E-state index contributed by atoms with van der Waals surface area (Å²) >= 11 is 1.46. The number of primary amides is 1. The Morgan fingerprint density at radius 3 is 3.13 bits per heavy atom. The second-order valence-corrected chi connectivity index (χ2v) is 5.06. The number of nitrogens with two attached hydrogens (primary N) is 1. The Hall–Kier alpha value is -0.870. The van der Waals surface area contributed by atoms with Gasteiger partial charge in [-0.25, -0.2) is 0 Å². The highest BCUT2D eigenvalue weighted by molar-refractivity contribution is 7.12. The number of carbonyl (C=O) groups excluding carboxylic acids is 1. The second-order valence-electron chi connectivity index (χ2n) is 4.15. The zero-order valence-electron chi connectivity index (χ0n) is 8.82. The molecule has 1 aliphatic rings. The maximum Gasteiger partial charge on any atom is 0.259 e. The number of nitrogens with one attached hydrogen (secondary N) is 1. The van der Waals surface area contributed by atoms with Gasteiger partial charge in [-0.15, -0.1) is 11.3 Å². The van der Waals surface area contributed by atoms with E-state index in [1.54, 1.807) is 0 Å². The highest BCUT2D eigenvalue weighted by Crippen LogP contribution is 2.32. The van der Waals surface area contributed by atoms with E-state index in [9.17, 15) is 4.79 Å². The van der Waals surface area contributed by atoms with Crippen LogP contribution in [0.4, 0.5) is 0 Å². The summed E-state index contributed by atoms with van der Waals surface area (Å²) in [6, 6.07) is 2.58. The van der Waals surface area contributed by atoms with Crippen molar-refractivity contribution < 1.29 is 4.79 Å².